The summed E-state index contributed by atoms with van der Waals surface area (Å²) in [5, 5.41) is 43.9. The molecule has 6 aromatic rings. The van der Waals surface area contributed by atoms with E-state index in [1.54, 1.807) is 42.5 Å². The van der Waals surface area contributed by atoms with E-state index in [1.807, 2.05) is 0 Å². The summed E-state index contributed by atoms with van der Waals surface area (Å²) in [5.74, 6) is -0.418. The van der Waals surface area contributed by atoms with Gasteiger partial charge in [0.15, 0.2) is 5.75 Å². The number of nitrogen functional groups attached to an aromatic ring is 1. The summed E-state index contributed by atoms with van der Waals surface area (Å²) in [7, 11) is -12.1. The average molecular weight is 864 g/mol. The van der Waals surface area contributed by atoms with Crippen LogP contribution in [0, 0.1) is 0 Å². The van der Waals surface area contributed by atoms with E-state index < -0.39 is 78.6 Å². The molecule has 0 atom stereocenters. The molecule has 6 rings (SSSR count). The summed E-state index contributed by atoms with van der Waals surface area (Å²) < 4.78 is 113. The van der Waals surface area contributed by atoms with Gasteiger partial charge in [0.05, 0.1) is 41.6 Å². The third-order valence-corrected chi connectivity index (χ3v) is 10.9. The van der Waals surface area contributed by atoms with Crippen molar-refractivity contribution in [2.75, 3.05) is 20.0 Å². The quantitative estimate of drug-likeness (QED) is 0.0382. The molecule has 0 spiro atoms. The number of aromatic hydroxyl groups is 2. The van der Waals surface area contributed by atoms with Gasteiger partial charge in [-0.1, -0.05) is 12.1 Å². The van der Waals surface area contributed by atoms with Gasteiger partial charge < -0.3 is 25.4 Å². The van der Waals surface area contributed by atoms with E-state index in [1.165, 1.54) is 32.4 Å². The van der Waals surface area contributed by atoms with E-state index in [4.69, 9.17) is 15.2 Å². The number of phenolic OH excluding ortho intramolecular Hbond substituents is 2. The predicted octanol–water partition coefficient (Wildman–Crippen LogP) is 8.50. The van der Waals surface area contributed by atoms with E-state index in [0.29, 0.717) is 34.3 Å². The molecule has 0 saturated carbocycles. The first kappa shape index (κ1) is 41.7. The maximum Gasteiger partial charge on any atom is 0.296 e. The van der Waals surface area contributed by atoms with Crippen LogP contribution in [0.15, 0.2) is 142 Å². The van der Waals surface area contributed by atoms with Crippen molar-refractivity contribution in [1.82, 2.24) is 0 Å². The molecule has 0 unspecified atom stereocenters. The topological polar surface area (TPSA) is 322 Å². The minimum absolute atomic E-state index is 0.0452. The van der Waals surface area contributed by atoms with Gasteiger partial charge in [0.25, 0.3) is 30.4 Å². The Balaban J connectivity index is 1.40. The standard InChI is InChI=1S/C36H29N7O13S3/c1-55-28-15-19(3-13-26(28)40-38-22-5-9-24(44)10-6-22)20-4-14-27(29(16-20)56-2)41-42-34-30(58(49,50)51)17-21-18-31(59(52,53)54)35(36(45)32(21)33(34)37)43-39-23-7-11-25(12-8-23)57(46,47)48/h3-18,44-45H,37H2,1-2H3,(H,46,47,48)(H,49,50,51)(H,52,53,54). The zero-order valence-corrected chi connectivity index (χ0v) is 32.7. The lowest BCUT2D eigenvalue weighted by molar-refractivity contribution is 0.415. The molecule has 23 heteroatoms. The third kappa shape index (κ3) is 9.14. The second kappa shape index (κ2) is 16.2. The number of methoxy groups -OCH3 is 2. The first-order valence-electron chi connectivity index (χ1n) is 16.3. The highest BCUT2D eigenvalue weighted by Gasteiger charge is 2.28. The SMILES string of the molecule is COc1cc(-c2ccc(N=Nc3c(S(=O)(=O)O)cc4cc(S(=O)(=O)O)c(N=Nc5ccc(S(=O)(=O)O)cc5)c(O)c4c3N)c(OC)c2)ccc1N=Nc1ccc(O)cc1. The Hall–Kier alpha value is -6.89. The van der Waals surface area contributed by atoms with Gasteiger partial charge in [-0.3, -0.25) is 13.7 Å². The molecule has 0 aliphatic heterocycles. The molecule has 0 radical (unpaired) electrons. The lowest BCUT2D eigenvalue weighted by Gasteiger charge is -2.14. The third-order valence-electron chi connectivity index (χ3n) is 8.34. The summed E-state index contributed by atoms with van der Waals surface area (Å²) in [6.07, 6.45) is 0. The van der Waals surface area contributed by atoms with Crippen LogP contribution in [0.3, 0.4) is 0 Å². The smallest absolute Gasteiger partial charge is 0.296 e. The zero-order valence-electron chi connectivity index (χ0n) is 30.2. The maximum atomic E-state index is 12.6. The lowest BCUT2D eigenvalue weighted by atomic mass is 10.0. The van der Waals surface area contributed by atoms with Crippen molar-refractivity contribution in [1.29, 1.82) is 0 Å². The number of fused-ring (bicyclic) bond motifs is 1. The van der Waals surface area contributed by atoms with Crippen molar-refractivity contribution in [2.45, 2.75) is 14.7 Å². The number of phenols is 2. The normalized spacial score (nSPS) is 12.6. The number of rotatable bonds is 12. The minimum Gasteiger partial charge on any atom is -0.508 e. The summed E-state index contributed by atoms with van der Waals surface area (Å²) in [6.45, 7) is 0. The van der Waals surface area contributed by atoms with Crippen molar-refractivity contribution in [3.8, 4) is 34.1 Å². The number of hydrogen-bond donors (Lipinski definition) is 6. The molecule has 0 bridgehead atoms. The molecule has 6 aromatic carbocycles. The number of anilines is 1. The van der Waals surface area contributed by atoms with Crippen LogP contribution >= 0.6 is 0 Å². The van der Waals surface area contributed by atoms with Crippen molar-refractivity contribution >= 4 is 80.9 Å². The molecule has 7 N–H and O–H groups in total. The van der Waals surface area contributed by atoms with E-state index in [0.717, 1.165) is 30.3 Å². The molecule has 0 fully saturated rings. The van der Waals surface area contributed by atoms with Crippen LogP contribution < -0.4 is 15.2 Å². The van der Waals surface area contributed by atoms with Gasteiger partial charge in [-0.25, -0.2) is 0 Å². The van der Waals surface area contributed by atoms with Gasteiger partial charge in [-0.15, -0.1) is 20.5 Å². The molecular weight excluding hydrogens is 835 g/mol. The van der Waals surface area contributed by atoms with Crippen LogP contribution in [0.1, 0.15) is 0 Å². The minimum atomic E-state index is -5.21. The first-order chi connectivity index (χ1) is 27.8. The van der Waals surface area contributed by atoms with Crippen molar-refractivity contribution in [3.05, 3.63) is 97.1 Å². The summed E-state index contributed by atoms with van der Waals surface area (Å²) in [4.78, 5) is -2.49. The van der Waals surface area contributed by atoms with Gasteiger partial charge in [-0.05, 0) is 101 Å². The molecule has 0 aliphatic rings. The van der Waals surface area contributed by atoms with Crippen LogP contribution in [0.25, 0.3) is 21.9 Å². The summed E-state index contributed by atoms with van der Waals surface area (Å²) in [6, 6.07) is 21.5. The number of nitrogens with zero attached hydrogens (tertiary/aromatic N) is 6. The highest BCUT2D eigenvalue weighted by molar-refractivity contribution is 7.86. The van der Waals surface area contributed by atoms with Gasteiger partial charge in [-0.2, -0.15) is 35.5 Å². The fourth-order valence-corrected chi connectivity index (χ4v) is 7.32. The Labute approximate surface area is 334 Å². The first-order valence-corrected chi connectivity index (χ1v) is 20.7. The maximum absolute atomic E-state index is 12.6. The van der Waals surface area contributed by atoms with Crippen molar-refractivity contribution in [2.24, 2.45) is 30.7 Å². The largest absolute Gasteiger partial charge is 0.508 e. The van der Waals surface area contributed by atoms with Crippen molar-refractivity contribution < 1.29 is 58.6 Å². The highest BCUT2D eigenvalue weighted by atomic mass is 32.2. The Kier molecular flexibility index (Phi) is 11.4. The van der Waals surface area contributed by atoms with Gasteiger partial charge in [0.2, 0.25) is 0 Å². The number of benzene rings is 6. The Morgan fingerprint density at radius 2 is 0.966 bits per heavy atom. The Morgan fingerprint density at radius 1 is 0.525 bits per heavy atom. The van der Waals surface area contributed by atoms with Crippen LogP contribution in [-0.4, -0.2) is 63.3 Å². The molecule has 0 aromatic heterocycles. The molecular formula is C36H29N7O13S3. The lowest BCUT2D eigenvalue weighted by Crippen LogP contribution is -2.03. The van der Waals surface area contributed by atoms with E-state index in [-0.39, 0.29) is 22.9 Å². The average Bonchev–Trinajstić information content (AvgIpc) is 3.18. The van der Waals surface area contributed by atoms with Gasteiger partial charge in [0.1, 0.15) is 49.8 Å². The monoisotopic (exact) mass is 863 g/mol. The van der Waals surface area contributed by atoms with Crippen molar-refractivity contribution in [3.63, 3.8) is 0 Å². The molecule has 0 aliphatic carbocycles. The fourth-order valence-electron chi connectivity index (χ4n) is 5.51. The van der Waals surface area contributed by atoms with Crippen LogP contribution in [0.5, 0.6) is 23.0 Å². The van der Waals surface area contributed by atoms with E-state index >= 15 is 0 Å². The van der Waals surface area contributed by atoms with Gasteiger partial charge >= 0.3 is 0 Å². The fraction of sp³-hybridized carbons (Fsp3) is 0.0556. The highest BCUT2D eigenvalue weighted by Crippen LogP contribution is 2.49. The summed E-state index contributed by atoms with van der Waals surface area (Å²) >= 11 is 0. The number of nitrogens with two attached hydrogens (primary N) is 1. The van der Waals surface area contributed by atoms with E-state index in [9.17, 15) is 49.1 Å². The summed E-state index contributed by atoms with van der Waals surface area (Å²) in [5.41, 5.74) is 6.27. The van der Waals surface area contributed by atoms with Crippen LogP contribution in [0.2, 0.25) is 0 Å². The number of ether oxygens (including phenoxy) is 2. The molecule has 0 saturated heterocycles. The predicted molar refractivity (Wildman–Crippen MR) is 212 cm³/mol. The number of azo groups is 3. The Bertz CT molecular complexity index is 3070. The molecule has 20 nitrogen and oxygen atoms in total. The van der Waals surface area contributed by atoms with Crippen LogP contribution in [-0.2, 0) is 30.4 Å². The Morgan fingerprint density at radius 3 is 1.44 bits per heavy atom. The number of hydrogen-bond acceptors (Lipinski definition) is 17. The van der Waals surface area contributed by atoms with Crippen LogP contribution in [0.4, 0.5) is 39.8 Å². The zero-order chi connectivity index (χ0) is 42.9. The molecule has 304 valence electrons. The van der Waals surface area contributed by atoms with Gasteiger partial charge in [0, 0.05) is 0 Å². The van der Waals surface area contributed by atoms with E-state index in [2.05, 4.69) is 30.7 Å². The molecule has 59 heavy (non-hydrogen) atoms. The second-order valence-electron chi connectivity index (χ2n) is 12.1. The second-order valence-corrected chi connectivity index (χ2v) is 16.3. The molecule has 0 heterocycles. The molecule has 0 amide bonds.